The monoisotopic (exact) mass is 403 g/mol. The summed E-state index contributed by atoms with van der Waals surface area (Å²) in [4.78, 5) is 27.3. The van der Waals surface area contributed by atoms with Gasteiger partial charge in [0.15, 0.2) is 11.9 Å². The quantitative estimate of drug-likeness (QED) is 0.575. The number of para-hydroxylation sites is 1. The van der Waals surface area contributed by atoms with Crippen LogP contribution >= 0.6 is 0 Å². The van der Waals surface area contributed by atoms with Crippen molar-refractivity contribution in [3.8, 4) is 5.75 Å². The smallest absolute Gasteiger partial charge is 0.268 e. The van der Waals surface area contributed by atoms with Gasteiger partial charge in [0.25, 0.3) is 5.91 Å². The van der Waals surface area contributed by atoms with E-state index in [0.29, 0.717) is 16.9 Å². The predicted molar refractivity (Wildman–Crippen MR) is 113 cm³/mol. The van der Waals surface area contributed by atoms with E-state index in [-0.39, 0.29) is 23.5 Å². The predicted octanol–water partition coefficient (Wildman–Crippen LogP) is 4.80. The van der Waals surface area contributed by atoms with Crippen LogP contribution in [-0.4, -0.2) is 23.8 Å². The summed E-state index contributed by atoms with van der Waals surface area (Å²) >= 11 is 0. The van der Waals surface area contributed by atoms with Crippen LogP contribution in [0, 0.1) is 5.82 Å². The molecule has 1 heterocycles. The third-order valence-electron chi connectivity index (χ3n) is 5.33. The minimum absolute atomic E-state index is 0.0802. The van der Waals surface area contributed by atoms with Crippen molar-refractivity contribution in [2.75, 3.05) is 4.90 Å². The van der Waals surface area contributed by atoms with E-state index in [2.05, 4.69) is 0 Å². The van der Waals surface area contributed by atoms with Crippen molar-refractivity contribution in [1.29, 1.82) is 0 Å². The van der Waals surface area contributed by atoms with Crippen molar-refractivity contribution >= 4 is 17.4 Å². The molecule has 0 saturated carbocycles. The molecule has 4 nitrogen and oxygen atoms in total. The first-order valence-corrected chi connectivity index (χ1v) is 9.92. The van der Waals surface area contributed by atoms with Crippen LogP contribution in [0.2, 0.25) is 0 Å². The van der Waals surface area contributed by atoms with Crippen molar-refractivity contribution in [3.63, 3.8) is 0 Å². The van der Waals surface area contributed by atoms with Gasteiger partial charge >= 0.3 is 0 Å². The molecular weight excluding hydrogens is 381 g/mol. The zero-order valence-electron chi connectivity index (χ0n) is 16.8. The fourth-order valence-corrected chi connectivity index (χ4v) is 3.80. The topological polar surface area (TPSA) is 46.6 Å². The zero-order chi connectivity index (χ0) is 21.3. The molecule has 0 fully saturated rings. The Balaban J connectivity index is 1.45. The summed E-state index contributed by atoms with van der Waals surface area (Å²) < 4.78 is 18.9. The number of hydrogen-bond donors (Lipinski definition) is 0. The number of fused-ring (bicyclic) bond motifs is 1. The maximum atomic E-state index is 13.1. The van der Waals surface area contributed by atoms with E-state index < -0.39 is 6.10 Å². The van der Waals surface area contributed by atoms with Gasteiger partial charge in [-0.3, -0.25) is 9.59 Å². The molecular formula is C25H22FNO3. The Hall–Kier alpha value is -3.47. The molecule has 1 amide bonds. The molecule has 1 aliphatic rings. The van der Waals surface area contributed by atoms with Crippen LogP contribution in [0.15, 0.2) is 72.8 Å². The van der Waals surface area contributed by atoms with Gasteiger partial charge in [-0.1, -0.05) is 18.2 Å². The molecule has 1 aliphatic heterocycles. The highest BCUT2D eigenvalue weighted by atomic mass is 19.1. The molecule has 5 heteroatoms. The first kappa shape index (κ1) is 19.8. The Morgan fingerprint density at radius 1 is 0.967 bits per heavy atom. The second-order valence-corrected chi connectivity index (χ2v) is 7.51. The number of benzene rings is 3. The maximum absolute atomic E-state index is 13.1. The highest BCUT2D eigenvalue weighted by molar-refractivity contribution is 6.09. The largest absolute Gasteiger partial charge is 0.481 e. The van der Waals surface area contributed by atoms with Crippen LogP contribution < -0.4 is 9.64 Å². The summed E-state index contributed by atoms with van der Waals surface area (Å²) in [6.45, 7) is 3.76. The normalized spacial score (nSPS) is 16.1. The van der Waals surface area contributed by atoms with E-state index >= 15 is 0 Å². The van der Waals surface area contributed by atoms with E-state index in [1.807, 2.05) is 31.2 Å². The van der Waals surface area contributed by atoms with E-state index in [1.165, 1.54) is 24.3 Å². The summed E-state index contributed by atoms with van der Waals surface area (Å²) in [5.74, 6) is -0.178. The van der Waals surface area contributed by atoms with Gasteiger partial charge in [0.2, 0.25) is 0 Å². The molecule has 0 unspecified atom stereocenters. The van der Waals surface area contributed by atoms with Crippen LogP contribution in [0.25, 0.3) is 0 Å². The number of carbonyl (C=O) groups is 2. The van der Waals surface area contributed by atoms with Gasteiger partial charge < -0.3 is 9.64 Å². The van der Waals surface area contributed by atoms with E-state index in [4.69, 9.17) is 4.74 Å². The Morgan fingerprint density at radius 2 is 1.57 bits per heavy atom. The second-order valence-electron chi connectivity index (χ2n) is 7.51. The Morgan fingerprint density at radius 3 is 2.23 bits per heavy atom. The lowest BCUT2D eigenvalue weighted by atomic mass is 10.0. The lowest BCUT2D eigenvalue weighted by Gasteiger charge is -2.26. The first-order chi connectivity index (χ1) is 14.4. The maximum Gasteiger partial charge on any atom is 0.268 e. The lowest BCUT2D eigenvalue weighted by molar-refractivity contribution is -0.124. The van der Waals surface area contributed by atoms with Gasteiger partial charge in [-0.05, 0) is 80.4 Å². The minimum Gasteiger partial charge on any atom is -0.481 e. The summed E-state index contributed by atoms with van der Waals surface area (Å²) in [7, 11) is 0. The van der Waals surface area contributed by atoms with Gasteiger partial charge in [0.05, 0.1) is 0 Å². The van der Waals surface area contributed by atoms with Crippen molar-refractivity contribution in [1.82, 2.24) is 0 Å². The van der Waals surface area contributed by atoms with Crippen LogP contribution in [0.4, 0.5) is 10.1 Å². The fourth-order valence-electron chi connectivity index (χ4n) is 3.80. The van der Waals surface area contributed by atoms with Crippen LogP contribution in [0.5, 0.6) is 5.75 Å². The highest BCUT2D eigenvalue weighted by Gasteiger charge is 2.33. The van der Waals surface area contributed by atoms with Crippen molar-refractivity contribution < 1.29 is 18.7 Å². The molecule has 0 spiro atoms. The number of nitrogens with zero attached hydrogens (tertiary/aromatic N) is 1. The van der Waals surface area contributed by atoms with Crippen molar-refractivity contribution in [3.05, 3.63) is 95.3 Å². The molecule has 2 atom stereocenters. The van der Waals surface area contributed by atoms with Gasteiger partial charge in [0.1, 0.15) is 11.6 Å². The van der Waals surface area contributed by atoms with Gasteiger partial charge in [-0.15, -0.1) is 0 Å². The third kappa shape index (κ3) is 3.83. The Kier molecular flexibility index (Phi) is 5.36. The first-order valence-electron chi connectivity index (χ1n) is 9.92. The molecule has 0 N–H and O–H groups in total. The van der Waals surface area contributed by atoms with Gasteiger partial charge in [-0.25, -0.2) is 4.39 Å². The number of carbonyl (C=O) groups excluding carboxylic acids is 2. The third-order valence-corrected chi connectivity index (χ3v) is 5.33. The van der Waals surface area contributed by atoms with E-state index in [9.17, 15) is 14.0 Å². The van der Waals surface area contributed by atoms with Crippen molar-refractivity contribution in [2.45, 2.75) is 32.4 Å². The molecule has 4 rings (SSSR count). The number of hydrogen-bond acceptors (Lipinski definition) is 3. The molecule has 3 aromatic rings. The highest BCUT2D eigenvalue weighted by Crippen LogP contribution is 2.32. The summed E-state index contributed by atoms with van der Waals surface area (Å²) in [5, 5.41) is 0. The molecule has 0 bridgehead atoms. The zero-order valence-corrected chi connectivity index (χ0v) is 16.8. The number of ether oxygens (including phenoxy) is 1. The Bertz CT molecular complexity index is 1080. The van der Waals surface area contributed by atoms with Crippen molar-refractivity contribution in [2.24, 2.45) is 0 Å². The van der Waals surface area contributed by atoms with Gasteiger partial charge in [0, 0.05) is 22.9 Å². The number of rotatable bonds is 5. The average Bonchev–Trinajstić information content (AvgIpc) is 3.09. The molecule has 152 valence electrons. The lowest BCUT2D eigenvalue weighted by Crippen LogP contribution is -2.43. The summed E-state index contributed by atoms with van der Waals surface area (Å²) in [6.07, 6.45) is 0.159. The molecule has 0 aliphatic carbocycles. The number of ketones is 1. The summed E-state index contributed by atoms with van der Waals surface area (Å²) in [6, 6.07) is 20.0. The van der Waals surface area contributed by atoms with Crippen LogP contribution in [-0.2, 0) is 11.2 Å². The SMILES string of the molecule is C[C@H](Oc1ccc(C(=O)c2ccc(F)cc2)cc1)C(=O)N1c2ccccc2C[C@H]1C. The molecule has 30 heavy (non-hydrogen) atoms. The average molecular weight is 403 g/mol. The molecule has 0 saturated heterocycles. The van der Waals surface area contributed by atoms with Crippen LogP contribution in [0.1, 0.15) is 35.3 Å². The number of amides is 1. The van der Waals surface area contributed by atoms with E-state index in [1.54, 1.807) is 36.1 Å². The van der Waals surface area contributed by atoms with Gasteiger partial charge in [-0.2, -0.15) is 0 Å². The Labute approximate surface area is 174 Å². The standard InChI is InChI=1S/C25H22FNO3/c1-16-15-20-5-3-4-6-23(20)27(16)25(29)17(2)30-22-13-9-19(10-14-22)24(28)18-7-11-21(26)12-8-18/h3-14,16-17H,15H2,1-2H3/t16-,17+/m1/s1. The fraction of sp³-hybridized carbons (Fsp3) is 0.200. The van der Waals surface area contributed by atoms with E-state index in [0.717, 1.165) is 17.7 Å². The number of anilines is 1. The minimum atomic E-state index is -0.669. The van der Waals surface area contributed by atoms with Crippen LogP contribution in [0.3, 0.4) is 0 Å². The molecule has 3 aromatic carbocycles. The number of halogens is 1. The molecule has 0 radical (unpaired) electrons. The summed E-state index contributed by atoms with van der Waals surface area (Å²) in [5.41, 5.74) is 2.98. The second kappa shape index (κ2) is 8.11. The molecule has 0 aromatic heterocycles.